The normalized spacial score (nSPS) is 12.3. The first-order chi connectivity index (χ1) is 12.1. The van der Waals surface area contributed by atoms with Crippen molar-refractivity contribution in [3.05, 3.63) is 0 Å². The van der Waals surface area contributed by atoms with Gasteiger partial charge in [0, 0.05) is 18.6 Å². The lowest BCUT2D eigenvalue weighted by Crippen LogP contribution is -2.55. The number of carboxylic acids is 3. The molecule has 0 fully saturated rings. The predicted octanol–water partition coefficient (Wildman–Crippen LogP) is -0.215. The van der Waals surface area contributed by atoms with Crippen LogP contribution < -0.4 is 5.32 Å². The van der Waals surface area contributed by atoms with Crippen LogP contribution in [0.3, 0.4) is 0 Å². The van der Waals surface area contributed by atoms with Crippen LogP contribution in [0.1, 0.15) is 34.6 Å². The molecule has 0 heterocycles. The van der Waals surface area contributed by atoms with E-state index in [0.717, 1.165) is 4.90 Å². The molecule has 0 aliphatic heterocycles. The Morgan fingerprint density at radius 2 is 1.04 bits per heavy atom. The molecule has 0 aliphatic carbocycles. The van der Waals surface area contributed by atoms with Gasteiger partial charge in [-0.15, -0.1) is 0 Å². The van der Waals surface area contributed by atoms with E-state index in [9.17, 15) is 19.2 Å². The van der Waals surface area contributed by atoms with Gasteiger partial charge in [0.05, 0.1) is 26.2 Å². The fourth-order valence-corrected chi connectivity index (χ4v) is 2.06. The highest BCUT2D eigenvalue weighted by atomic mass is 16.4. The molecule has 0 spiro atoms. The quantitative estimate of drug-likeness (QED) is 0.356. The molecule has 0 aliphatic rings. The minimum atomic E-state index is -1.19. The Labute approximate surface area is 159 Å². The van der Waals surface area contributed by atoms with E-state index in [1.165, 1.54) is 4.90 Å². The molecule has 0 aromatic carbocycles. The number of carbonyl (C=O) groups is 4. The van der Waals surface area contributed by atoms with Crippen molar-refractivity contribution < 1.29 is 34.5 Å². The molecule has 0 aromatic rings. The predicted molar refractivity (Wildman–Crippen MR) is 97.5 cm³/mol. The molecular weight excluding hydrogens is 358 g/mol. The van der Waals surface area contributed by atoms with Crippen molar-refractivity contribution in [1.29, 1.82) is 0 Å². The van der Waals surface area contributed by atoms with Crippen molar-refractivity contribution in [2.75, 3.05) is 39.3 Å². The van der Waals surface area contributed by atoms with Gasteiger partial charge in [-0.25, -0.2) is 0 Å². The fourth-order valence-electron chi connectivity index (χ4n) is 2.06. The van der Waals surface area contributed by atoms with E-state index in [1.54, 1.807) is 0 Å². The topological polar surface area (TPSA) is 147 Å². The molecule has 0 saturated carbocycles. The molecule has 0 unspecified atom stereocenters. The summed E-state index contributed by atoms with van der Waals surface area (Å²) >= 11 is 0. The Kier molecular flexibility index (Phi) is 9.38. The molecule has 0 rings (SSSR count). The molecule has 10 heteroatoms. The van der Waals surface area contributed by atoms with Gasteiger partial charge < -0.3 is 20.6 Å². The Morgan fingerprint density at radius 1 is 0.704 bits per heavy atom. The number of amides is 1. The van der Waals surface area contributed by atoms with Crippen LogP contribution >= 0.6 is 0 Å². The summed E-state index contributed by atoms with van der Waals surface area (Å²) in [6, 6.07) is 0. The molecule has 4 N–H and O–H groups in total. The van der Waals surface area contributed by atoms with E-state index in [1.807, 2.05) is 34.6 Å². The summed E-state index contributed by atoms with van der Waals surface area (Å²) in [5, 5.41) is 29.6. The van der Waals surface area contributed by atoms with E-state index in [4.69, 9.17) is 15.3 Å². The summed E-state index contributed by atoms with van der Waals surface area (Å²) in [7, 11) is 0. The van der Waals surface area contributed by atoms with Crippen LogP contribution in [0, 0.1) is 5.41 Å². The van der Waals surface area contributed by atoms with Crippen LogP contribution in [0.5, 0.6) is 0 Å². The second-order valence-corrected chi connectivity index (χ2v) is 8.03. The van der Waals surface area contributed by atoms with Crippen LogP contribution in [0.2, 0.25) is 0 Å². The third kappa shape index (κ3) is 10.5. The molecular formula is C17H31N3O7. The SMILES string of the molecule is CC(C)(C)C(C)(C)NC(=O)CN(CCN(CC(=O)O)CC(=O)O)CC(=O)O. The summed E-state index contributed by atoms with van der Waals surface area (Å²) < 4.78 is 0. The fraction of sp³-hybridized carbons (Fsp3) is 0.765. The second kappa shape index (κ2) is 10.2. The lowest BCUT2D eigenvalue weighted by molar-refractivity contribution is -0.143. The number of rotatable bonds is 12. The third-order valence-electron chi connectivity index (χ3n) is 4.50. The van der Waals surface area contributed by atoms with Crippen LogP contribution in [-0.4, -0.2) is 93.7 Å². The molecule has 0 aromatic heterocycles. The zero-order valence-electron chi connectivity index (χ0n) is 16.6. The summed E-state index contributed by atoms with van der Waals surface area (Å²) in [6.45, 7) is 8.10. The minimum Gasteiger partial charge on any atom is -0.480 e. The molecule has 1 amide bonds. The van der Waals surface area contributed by atoms with Gasteiger partial charge in [-0.05, 0) is 19.3 Å². The van der Waals surface area contributed by atoms with Crippen molar-refractivity contribution in [3.63, 3.8) is 0 Å². The van der Waals surface area contributed by atoms with Crippen LogP contribution in [0.25, 0.3) is 0 Å². The van der Waals surface area contributed by atoms with E-state index in [2.05, 4.69) is 5.32 Å². The summed E-state index contributed by atoms with van der Waals surface area (Å²) in [5.41, 5.74) is -0.752. The maximum atomic E-state index is 12.3. The zero-order valence-corrected chi connectivity index (χ0v) is 16.6. The molecule has 0 radical (unpaired) electrons. The first-order valence-electron chi connectivity index (χ1n) is 8.55. The Morgan fingerprint density at radius 3 is 1.33 bits per heavy atom. The summed E-state index contributed by atoms with van der Waals surface area (Å²) in [6.07, 6.45) is 0. The number of nitrogens with zero attached hydrogens (tertiary/aromatic N) is 2. The second-order valence-electron chi connectivity index (χ2n) is 8.03. The number of nitrogens with one attached hydrogen (secondary N) is 1. The van der Waals surface area contributed by atoms with Crippen LogP contribution in [0.4, 0.5) is 0 Å². The van der Waals surface area contributed by atoms with Gasteiger partial charge in [0.25, 0.3) is 0 Å². The smallest absolute Gasteiger partial charge is 0.317 e. The van der Waals surface area contributed by atoms with E-state index < -0.39 is 43.1 Å². The minimum absolute atomic E-state index is 0.00181. The largest absolute Gasteiger partial charge is 0.480 e. The van der Waals surface area contributed by atoms with E-state index in [-0.39, 0.29) is 31.0 Å². The van der Waals surface area contributed by atoms with Gasteiger partial charge in [0.15, 0.2) is 0 Å². The number of hydrogen-bond acceptors (Lipinski definition) is 6. The maximum absolute atomic E-state index is 12.3. The monoisotopic (exact) mass is 389 g/mol. The highest BCUT2D eigenvalue weighted by Gasteiger charge is 2.34. The number of carboxylic acid groups (broad SMARTS) is 3. The van der Waals surface area contributed by atoms with Gasteiger partial charge in [-0.1, -0.05) is 20.8 Å². The van der Waals surface area contributed by atoms with Gasteiger partial charge in [0.2, 0.25) is 5.91 Å². The highest BCUT2D eigenvalue weighted by molar-refractivity contribution is 5.79. The van der Waals surface area contributed by atoms with Gasteiger partial charge in [-0.2, -0.15) is 0 Å². The van der Waals surface area contributed by atoms with Gasteiger partial charge >= 0.3 is 17.9 Å². The summed E-state index contributed by atoms with van der Waals surface area (Å²) in [5.74, 6) is -3.88. The van der Waals surface area contributed by atoms with Crippen molar-refractivity contribution >= 4 is 23.8 Å². The number of hydrogen-bond donors (Lipinski definition) is 4. The van der Waals surface area contributed by atoms with Crippen molar-refractivity contribution in [2.24, 2.45) is 5.41 Å². The standard InChI is InChI=1S/C17H31N3O7/c1-16(2,3)17(4,5)18-12(21)8-19(9-13(22)23)6-7-20(10-14(24)25)11-15(26)27/h6-11H2,1-5H3,(H,18,21)(H,22,23)(H,24,25)(H,26,27). The summed E-state index contributed by atoms with van der Waals surface area (Å²) in [4.78, 5) is 47.6. The van der Waals surface area contributed by atoms with E-state index in [0.29, 0.717) is 0 Å². The lowest BCUT2D eigenvalue weighted by Gasteiger charge is -2.40. The highest BCUT2D eigenvalue weighted by Crippen LogP contribution is 2.29. The van der Waals surface area contributed by atoms with Crippen LogP contribution in [0.15, 0.2) is 0 Å². The molecule has 0 atom stereocenters. The number of aliphatic carboxylic acids is 3. The molecule has 156 valence electrons. The van der Waals surface area contributed by atoms with Crippen molar-refractivity contribution in [2.45, 2.75) is 40.2 Å². The Hall–Kier alpha value is -2.20. The van der Waals surface area contributed by atoms with Crippen LogP contribution in [-0.2, 0) is 19.2 Å². The molecule has 27 heavy (non-hydrogen) atoms. The average Bonchev–Trinajstić information content (AvgIpc) is 2.40. The van der Waals surface area contributed by atoms with Gasteiger partial charge in [-0.3, -0.25) is 29.0 Å². The van der Waals surface area contributed by atoms with Crippen molar-refractivity contribution in [3.8, 4) is 0 Å². The Bertz CT molecular complexity index is 539. The Balaban J connectivity index is 4.96. The maximum Gasteiger partial charge on any atom is 0.317 e. The number of carbonyl (C=O) groups excluding carboxylic acids is 1. The molecule has 10 nitrogen and oxygen atoms in total. The third-order valence-corrected chi connectivity index (χ3v) is 4.50. The van der Waals surface area contributed by atoms with Gasteiger partial charge in [0.1, 0.15) is 0 Å². The zero-order chi connectivity index (χ0) is 21.4. The van der Waals surface area contributed by atoms with E-state index >= 15 is 0 Å². The molecule has 0 saturated heterocycles. The first kappa shape index (κ1) is 24.8. The average molecular weight is 389 g/mol. The first-order valence-corrected chi connectivity index (χ1v) is 8.55. The lowest BCUT2D eigenvalue weighted by atomic mass is 9.76. The molecule has 0 bridgehead atoms. The van der Waals surface area contributed by atoms with Crippen molar-refractivity contribution in [1.82, 2.24) is 15.1 Å².